The Morgan fingerprint density at radius 2 is 1.83 bits per heavy atom. The smallest absolute Gasteiger partial charge is 0.0207 e. The largest absolute Gasteiger partial charge is 0.309 e. The second kappa shape index (κ2) is 10.0. The molecule has 0 spiro atoms. The number of benzene rings is 1. The van der Waals surface area contributed by atoms with Gasteiger partial charge in [-0.25, -0.2) is 0 Å². The van der Waals surface area contributed by atoms with Gasteiger partial charge >= 0.3 is 0 Å². The van der Waals surface area contributed by atoms with E-state index in [9.17, 15) is 0 Å². The van der Waals surface area contributed by atoms with E-state index < -0.39 is 0 Å². The number of allylic oxidation sites excluding steroid dienone is 5. The molecule has 23 heavy (non-hydrogen) atoms. The van der Waals surface area contributed by atoms with Crippen molar-refractivity contribution in [3.8, 4) is 0 Å². The van der Waals surface area contributed by atoms with Crippen LogP contribution < -0.4 is 5.32 Å². The van der Waals surface area contributed by atoms with E-state index in [2.05, 4.69) is 95.4 Å². The fourth-order valence-corrected chi connectivity index (χ4v) is 2.47. The van der Waals surface area contributed by atoms with Crippen LogP contribution in [0.1, 0.15) is 44.4 Å². The van der Waals surface area contributed by atoms with Crippen LogP contribution in [-0.4, -0.2) is 13.1 Å². The first-order chi connectivity index (χ1) is 11.0. The van der Waals surface area contributed by atoms with E-state index in [1.54, 1.807) is 0 Å². The number of rotatable bonds is 7. The van der Waals surface area contributed by atoms with Crippen LogP contribution in [0.4, 0.5) is 0 Å². The minimum absolute atomic E-state index is 0.872. The molecule has 0 aliphatic rings. The molecule has 0 saturated carbocycles. The lowest BCUT2D eigenvalue weighted by Crippen LogP contribution is -2.16. The van der Waals surface area contributed by atoms with Crippen molar-refractivity contribution >= 4 is 5.57 Å². The van der Waals surface area contributed by atoms with Crippen LogP contribution in [0.3, 0.4) is 0 Å². The van der Waals surface area contributed by atoms with Crippen LogP contribution in [0.2, 0.25) is 0 Å². The molecule has 0 atom stereocenters. The summed E-state index contributed by atoms with van der Waals surface area (Å²) in [5.41, 5.74) is 7.95. The molecule has 1 heteroatoms. The minimum atomic E-state index is 0.872. The highest BCUT2D eigenvalue weighted by Crippen LogP contribution is 2.21. The molecule has 1 aromatic carbocycles. The van der Waals surface area contributed by atoms with Gasteiger partial charge < -0.3 is 5.32 Å². The van der Waals surface area contributed by atoms with E-state index in [0.29, 0.717) is 0 Å². The molecular formula is C22H31N. The number of hydrogen-bond acceptors (Lipinski definition) is 1. The van der Waals surface area contributed by atoms with Gasteiger partial charge in [-0.15, -0.1) is 0 Å². The average molecular weight is 309 g/mol. The Labute approximate surface area is 142 Å². The van der Waals surface area contributed by atoms with Crippen molar-refractivity contribution in [2.45, 2.75) is 41.5 Å². The van der Waals surface area contributed by atoms with Crippen LogP contribution in [0.5, 0.6) is 0 Å². The summed E-state index contributed by atoms with van der Waals surface area (Å²) in [6, 6.07) is 6.62. The predicted molar refractivity (Wildman–Crippen MR) is 105 cm³/mol. The lowest BCUT2D eigenvalue weighted by molar-refractivity contribution is 0.819. The Morgan fingerprint density at radius 3 is 2.43 bits per heavy atom. The summed E-state index contributed by atoms with van der Waals surface area (Å²) in [5.74, 6) is 0. The molecule has 1 aromatic rings. The summed E-state index contributed by atoms with van der Waals surface area (Å²) in [4.78, 5) is 0. The molecular weight excluding hydrogens is 278 g/mol. The first-order valence-corrected chi connectivity index (χ1v) is 8.39. The summed E-state index contributed by atoms with van der Waals surface area (Å²) >= 11 is 0. The maximum absolute atomic E-state index is 3.49. The molecule has 0 saturated heterocycles. The van der Waals surface area contributed by atoms with Crippen molar-refractivity contribution in [2.75, 3.05) is 13.1 Å². The summed E-state index contributed by atoms with van der Waals surface area (Å²) in [6.07, 6.45) is 10.9. The third-order valence-corrected chi connectivity index (χ3v) is 3.90. The van der Waals surface area contributed by atoms with E-state index >= 15 is 0 Å². The molecule has 0 heterocycles. The molecule has 0 fully saturated rings. The van der Waals surface area contributed by atoms with E-state index in [0.717, 1.165) is 13.1 Å². The third-order valence-electron chi connectivity index (χ3n) is 3.90. The predicted octanol–water partition coefficient (Wildman–Crippen LogP) is 5.77. The molecule has 0 aromatic heterocycles. The van der Waals surface area contributed by atoms with Crippen molar-refractivity contribution in [3.63, 3.8) is 0 Å². The van der Waals surface area contributed by atoms with Crippen LogP contribution in [0.15, 0.2) is 59.7 Å². The van der Waals surface area contributed by atoms with Crippen molar-refractivity contribution in [2.24, 2.45) is 0 Å². The highest BCUT2D eigenvalue weighted by Gasteiger charge is 2.01. The van der Waals surface area contributed by atoms with E-state index in [1.165, 1.54) is 33.4 Å². The summed E-state index contributed by atoms with van der Waals surface area (Å²) < 4.78 is 0. The van der Waals surface area contributed by atoms with Crippen LogP contribution >= 0.6 is 0 Å². The van der Waals surface area contributed by atoms with Crippen molar-refractivity contribution in [1.82, 2.24) is 5.32 Å². The number of aryl methyl sites for hydroxylation is 2. The number of nitrogens with one attached hydrogen (secondary N) is 1. The van der Waals surface area contributed by atoms with E-state index in [1.807, 2.05) is 0 Å². The quantitative estimate of drug-likeness (QED) is 0.498. The Morgan fingerprint density at radius 1 is 1.09 bits per heavy atom. The van der Waals surface area contributed by atoms with Crippen molar-refractivity contribution < 1.29 is 0 Å². The van der Waals surface area contributed by atoms with Crippen molar-refractivity contribution in [1.29, 1.82) is 0 Å². The maximum atomic E-state index is 3.49. The van der Waals surface area contributed by atoms with E-state index in [4.69, 9.17) is 0 Å². The molecule has 1 rings (SSSR count). The SMILES string of the molecule is C/C=C\C(CNC/C=C\C(=C/C)c1cc(C)ccc1C)=C(C)C. The monoisotopic (exact) mass is 309 g/mol. The summed E-state index contributed by atoms with van der Waals surface area (Å²) in [7, 11) is 0. The normalized spacial score (nSPS) is 12.3. The Bertz CT molecular complexity index is 623. The fourth-order valence-electron chi connectivity index (χ4n) is 2.47. The zero-order valence-corrected chi connectivity index (χ0v) is 15.5. The fraction of sp³-hybridized carbons (Fsp3) is 0.364. The summed E-state index contributed by atoms with van der Waals surface area (Å²) in [5, 5.41) is 3.49. The van der Waals surface area contributed by atoms with Gasteiger partial charge in [0.1, 0.15) is 0 Å². The zero-order chi connectivity index (χ0) is 17.2. The summed E-state index contributed by atoms with van der Waals surface area (Å²) in [6.45, 7) is 14.6. The van der Waals surface area contributed by atoms with Gasteiger partial charge in [-0.3, -0.25) is 0 Å². The lowest BCUT2D eigenvalue weighted by Gasteiger charge is -2.09. The Kier molecular flexibility index (Phi) is 8.36. The molecule has 0 amide bonds. The molecule has 0 radical (unpaired) electrons. The van der Waals surface area contributed by atoms with Crippen LogP contribution in [0.25, 0.3) is 5.57 Å². The molecule has 0 aliphatic heterocycles. The van der Waals surface area contributed by atoms with Gasteiger partial charge in [-0.1, -0.05) is 59.7 Å². The topological polar surface area (TPSA) is 12.0 Å². The van der Waals surface area contributed by atoms with Gasteiger partial charge in [0.05, 0.1) is 0 Å². The van der Waals surface area contributed by atoms with Crippen molar-refractivity contribution in [3.05, 3.63) is 76.4 Å². The molecule has 1 nitrogen and oxygen atoms in total. The van der Waals surface area contributed by atoms with Gasteiger partial charge in [0.2, 0.25) is 0 Å². The molecule has 0 bridgehead atoms. The molecule has 1 N–H and O–H groups in total. The maximum Gasteiger partial charge on any atom is 0.0207 e. The zero-order valence-electron chi connectivity index (χ0n) is 15.5. The highest BCUT2D eigenvalue weighted by atomic mass is 14.8. The first-order valence-electron chi connectivity index (χ1n) is 8.39. The molecule has 0 unspecified atom stereocenters. The third kappa shape index (κ3) is 6.42. The molecule has 0 aliphatic carbocycles. The highest BCUT2D eigenvalue weighted by molar-refractivity contribution is 5.76. The second-order valence-electron chi connectivity index (χ2n) is 6.12. The molecule has 124 valence electrons. The lowest BCUT2D eigenvalue weighted by atomic mass is 9.98. The van der Waals surface area contributed by atoms with Crippen LogP contribution in [-0.2, 0) is 0 Å². The second-order valence-corrected chi connectivity index (χ2v) is 6.12. The van der Waals surface area contributed by atoms with Gasteiger partial charge in [0, 0.05) is 13.1 Å². The first kappa shape index (κ1) is 19.2. The standard InChI is InChI=1S/C22H31N/c1-7-10-21(17(3)4)16-23-14-9-11-20(8-2)22-15-18(5)12-13-19(22)6/h7-13,15,23H,14,16H2,1-6H3/b10-7-,11-9-,20-8+. The van der Waals surface area contributed by atoms with Gasteiger partial charge in [0.25, 0.3) is 0 Å². The van der Waals surface area contributed by atoms with E-state index in [-0.39, 0.29) is 0 Å². The Hall–Kier alpha value is -1.86. The van der Waals surface area contributed by atoms with Gasteiger partial charge in [-0.2, -0.15) is 0 Å². The van der Waals surface area contributed by atoms with Gasteiger partial charge in [-0.05, 0) is 63.8 Å². The minimum Gasteiger partial charge on any atom is -0.309 e. The number of hydrogen-bond donors (Lipinski definition) is 1. The average Bonchev–Trinajstić information content (AvgIpc) is 2.52. The van der Waals surface area contributed by atoms with Crippen LogP contribution in [0, 0.1) is 13.8 Å². The van der Waals surface area contributed by atoms with Gasteiger partial charge in [0.15, 0.2) is 0 Å². The Balaban J connectivity index is 2.66.